The fourth-order valence-corrected chi connectivity index (χ4v) is 4.69. The summed E-state index contributed by atoms with van der Waals surface area (Å²) in [5.41, 5.74) is 0.136. The van der Waals surface area contributed by atoms with Crippen LogP contribution in [0.2, 0.25) is 5.02 Å². The number of hydrogen-bond donors (Lipinski definition) is 4. The van der Waals surface area contributed by atoms with E-state index < -0.39 is 11.0 Å². The minimum atomic E-state index is -0.774. The second-order valence-corrected chi connectivity index (χ2v) is 12.5. The van der Waals surface area contributed by atoms with Gasteiger partial charge < -0.3 is 20.7 Å². The molecule has 2 heterocycles. The highest BCUT2D eigenvalue weighted by molar-refractivity contribution is 6.34. The number of carbonyl (C=O) groups excluding carboxylic acids is 3. The fourth-order valence-electron chi connectivity index (χ4n) is 4.24. The number of rotatable bonds is 10. The average molecular weight is 574 g/mol. The second kappa shape index (κ2) is 11.5. The molecule has 3 rings (SSSR count). The first-order valence-corrected chi connectivity index (χ1v) is 13.5. The van der Waals surface area contributed by atoms with Crippen molar-refractivity contribution in [3.8, 4) is 5.75 Å². The molecule has 0 saturated carbocycles. The Morgan fingerprint density at radius 1 is 1.05 bits per heavy atom. The summed E-state index contributed by atoms with van der Waals surface area (Å²) in [6, 6.07) is 6.54. The molecule has 0 saturated heterocycles. The lowest BCUT2D eigenvalue weighted by Gasteiger charge is -2.40. The van der Waals surface area contributed by atoms with Crippen molar-refractivity contribution in [3.63, 3.8) is 0 Å². The van der Waals surface area contributed by atoms with Crippen LogP contribution < -0.4 is 20.7 Å². The maximum Gasteiger partial charge on any atom is 0.258 e. The van der Waals surface area contributed by atoms with Gasteiger partial charge in [0.1, 0.15) is 10.8 Å². The van der Waals surface area contributed by atoms with Gasteiger partial charge in [0.05, 0.1) is 11.4 Å². The molecular formula is C28H40ClN7O4. The van der Waals surface area contributed by atoms with Gasteiger partial charge >= 0.3 is 0 Å². The standard InChI is InChI=1S/C28H40ClN7O4/c1-16(30-17(2)37)14-20(38)31-18-12-10-11-13-19(18)40-15-21(39)32-28(8,9)27(6,7)25-34-33-24-22(29)23(26(3,4)5)35-36(24)25/h10-13,16,35H,14-15H2,1-9H3,(H,30,37)(H,31,38)(H,32,39). The minimum absolute atomic E-state index is 0.0941. The first-order chi connectivity index (χ1) is 18.4. The van der Waals surface area contributed by atoms with E-state index in [1.54, 1.807) is 35.7 Å². The monoisotopic (exact) mass is 573 g/mol. The molecule has 3 aromatic rings. The lowest BCUT2D eigenvalue weighted by molar-refractivity contribution is -0.125. The van der Waals surface area contributed by atoms with E-state index in [1.807, 2.05) is 27.7 Å². The Bertz CT molecular complexity index is 1400. The van der Waals surface area contributed by atoms with Gasteiger partial charge in [-0.2, -0.15) is 0 Å². The van der Waals surface area contributed by atoms with Crippen LogP contribution in [0.1, 0.15) is 80.3 Å². The molecule has 3 amide bonds. The van der Waals surface area contributed by atoms with E-state index in [0.29, 0.717) is 27.9 Å². The van der Waals surface area contributed by atoms with E-state index in [9.17, 15) is 14.4 Å². The quantitative estimate of drug-likeness (QED) is 0.287. The van der Waals surface area contributed by atoms with Gasteiger partial charge in [-0.3, -0.25) is 19.5 Å². The van der Waals surface area contributed by atoms with Crippen LogP contribution in [0.5, 0.6) is 5.75 Å². The Morgan fingerprint density at radius 2 is 1.70 bits per heavy atom. The van der Waals surface area contributed by atoms with Crippen LogP contribution in [0.4, 0.5) is 5.69 Å². The summed E-state index contributed by atoms with van der Waals surface area (Å²) in [5, 5.41) is 21.1. The van der Waals surface area contributed by atoms with E-state index in [4.69, 9.17) is 16.3 Å². The Labute approximate surface area is 239 Å². The molecule has 2 aromatic heterocycles. The molecule has 12 heteroatoms. The third kappa shape index (κ3) is 6.75. The zero-order valence-corrected chi connectivity index (χ0v) is 25.4. The molecule has 11 nitrogen and oxygen atoms in total. The maximum absolute atomic E-state index is 13.0. The summed E-state index contributed by atoms with van der Waals surface area (Å²) >= 11 is 6.61. The normalized spacial score (nSPS) is 13.2. The van der Waals surface area contributed by atoms with Gasteiger partial charge in [-0.25, -0.2) is 4.52 Å². The van der Waals surface area contributed by atoms with Crippen molar-refractivity contribution in [2.45, 2.75) is 91.1 Å². The molecule has 0 radical (unpaired) electrons. The third-order valence-electron chi connectivity index (χ3n) is 7.09. The number of nitrogens with zero attached hydrogens (tertiary/aromatic N) is 3. The van der Waals surface area contributed by atoms with E-state index in [2.05, 4.69) is 52.0 Å². The van der Waals surface area contributed by atoms with Crippen molar-refractivity contribution < 1.29 is 19.1 Å². The molecule has 40 heavy (non-hydrogen) atoms. The molecule has 1 atom stereocenters. The summed E-state index contributed by atoms with van der Waals surface area (Å²) in [6.07, 6.45) is 0.0941. The van der Waals surface area contributed by atoms with Crippen LogP contribution in [0.3, 0.4) is 0 Å². The second-order valence-electron chi connectivity index (χ2n) is 12.2. The number of halogens is 1. The van der Waals surface area contributed by atoms with Crippen LogP contribution in [0, 0.1) is 0 Å². The number of fused-ring (bicyclic) bond motifs is 1. The van der Waals surface area contributed by atoms with Crippen molar-refractivity contribution in [2.75, 3.05) is 11.9 Å². The summed E-state index contributed by atoms with van der Waals surface area (Å²) in [4.78, 5) is 36.7. The van der Waals surface area contributed by atoms with Crippen LogP contribution in [0.15, 0.2) is 24.3 Å². The van der Waals surface area contributed by atoms with Gasteiger partial charge in [-0.15, -0.1) is 10.2 Å². The molecule has 0 aliphatic carbocycles. The van der Waals surface area contributed by atoms with Gasteiger partial charge in [0.25, 0.3) is 5.91 Å². The Hall–Kier alpha value is -3.60. The number of anilines is 1. The van der Waals surface area contributed by atoms with Crippen molar-refractivity contribution in [1.82, 2.24) is 30.4 Å². The highest BCUT2D eigenvalue weighted by Gasteiger charge is 2.44. The molecule has 0 aliphatic heterocycles. The third-order valence-corrected chi connectivity index (χ3v) is 7.45. The Balaban J connectivity index is 1.70. The van der Waals surface area contributed by atoms with Crippen LogP contribution >= 0.6 is 11.6 Å². The SMILES string of the molecule is CC(=O)NC(C)CC(=O)Nc1ccccc1OCC(=O)NC(C)(C)C(C)(C)c1nnc2c(Cl)c(C(C)(C)C)[nH]n12. The van der Waals surface area contributed by atoms with Gasteiger partial charge in [0.2, 0.25) is 11.8 Å². The number of para-hydroxylation sites is 2. The van der Waals surface area contributed by atoms with Crippen LogP contribution in [-0.4, -0.2) is 55.7 Å². The summed E-state index contributed by atoms with van der Waals surface area (Å²) in [7, 11) is 0. The summed E-state index contributed by atoms with van der Waals surface area (Å²) < 4.78 is 7.57. The number of hydrogen-bond acceptors (Lipinski definition) is 6. The molecule has 0 bridgehead atoms. The molecule has 0 fully saturated rings. The van der Waals surface area contributed by atoms with E-state index >= 15 is 0 Å². The number of aromatic amines is 1. The topological polar surface area (TPSA) is 143 Å². The number of H-pyrrole nitrogens is 1. The summed E-state index contributed by atoms with van der Waals surface area (Å²) in [5.74, 6) is 0.126. The lowest BCUT2D eigenvalue weighted by atomic mass is 9.73. The smallest absolute Gasteiger partial charge is 0.258 e. The van der Waals surface area contributed by atoms with Gasteiger partial charge in [-0.05, 0) is 32.9 Å². The zero-order valence-electron chi connectivity index (χ0n) is 24.7. The number of ether oxygens (including phenoxy) is 1. The van der Waals surface area contributed by atoms with Crippen molar-refractivity contribution in [1.29, 1.82) is 0 Å². The fraction of sp³-hybridized carbons (Fsp3) is 0.536. The van der Waals surface area contributed by atoms with E-state index in [0.717, 1.165) is 5.69 Å². The number of carbonyl (C=O) groups is 3. The van der Waals surface area contributed by atoms with Crippen LogP contribution in [0.25, 0.3) is 5.65 Å². The Morgan fingerprint density at radius 3 is 2.33 bits per heavy atom. The molecule has 1 aromatic carbocycles. The summed E-state index contributed by atoms with van der Waals surface area (Å²) in [6.45, 7) is 16.8. The number of amides is 3. The van der Waals surface area contributed by atoms with Gasteiger partial charge in [-0.1, -0.05) is 58.4 Å². The number of aromatic nitrogens is 4. The minimum Gasteiger partial charge on any atom is -0.482 e. The van der Waals surface area contributed by atoms with Crippen LogP contribution in [-0.2, 0) is 25.2 Å². The molecular weight excluding hydrogens is 534 g/mol. The lowest BCUT2D eigenvalue weighted by Crippen LogP contribution is -2.57. The largest absolute Gasteiger partial charge is 0.482 e. The van der Waals surface area contributed by atoms with E-state index in [1.165, 1.54) is 6.92 Å². The first kappa shape index (κ1) is 30.9. The molecule has 4 N–H and O–H groups in total. The van der Waals surface area contributed by atoms with Gasteiger partial charge in [0, 0.05) is 35.8 Å². The highest BCUT2D eigenvalue weighted by atomic mass is 35.5. The molecule has 218 valence electrons. The predicted octanol–water partition coefficient (Wildman–Crippen LogP) is 4.11. The average Bonchev–Trinajstić information content (AvgIpc) is 3.37. The zero-order chi connectivity index (χ0) is 30.0. The molecule has 1 unspecified atom stereocenters. The van der Waals surface area contributed by atoms with E-state index in [-0.39, 0.29) is 42.2 Å². The van der Waals surface area contributed by atoms with Crippen molar-refractivity contribution >= 4 is 40.7 Å². The predicted molar refractivity (Wildman–Crippen MR) is 155 cm³/mol. The highest BCUT2D eigenvalue weighted by Crippen LogP contribution is 2.37. The van der Waals surface area contributed by atoms with Crippen molar-refractivity contribution in [2.24, 2.45) is 0 Å². The Kier molecular flexibility index (Phi) is 8.88. The molecule has 0 spiro atoms. The maximum atomic E-state index is 13.0. The van der Waals surface area contributed by atoms with Crippen molar-refractivity contribution in [3.05, 3.63) is 40.8 Å². The van der Waals surface area contributed by atoms with Gasteiger partial charge in [0.15, 0.2) is 18.1 Å². The first-order valence-electron chi connectivity index (χ1n) is 13.2. The number of nitrogens with one attached hydrogen (secondary N) is 4. The number of benzene rings is 1. The molecule has 0 aliphatic rings.